The normalized spacial score (nSPS) is 18.3. The van der Waals surface area contributed by atoms with Crippen molar-refractivity contribution in [3.8, 4) is 0 Å². The molecule has 2 N–H and O–H groups in total. The third-order valence-electron chi connectivity index (χ3n) is 3.35. The number of pyridine rings is 1. The molecule has 1 saturated carbocycles. The van der Waals surface area contributed by atoms with Crippen LogP contribution >= 0.6 is 11.8 Å². The molecule has 0 saturated heterocycles. The smallest absolute Gasteiger partial charge is 0.247 e. The van der Waals surface area contributed by atoms with E-state index in [1.165, 1.54) is 18.3 Å². The zero-order chi connectivity index (χ0) is 13.2. The number of hydrogen-bond acceptors (Lipinski definition) is 4. The van der Waals surface area contributed by atoms with Crippen molar-refractivity contribution in [3.05, 3.63) is 28.7 Å². The fraction of sp³-hybridized carbons (Fsp3) is 0.545. The van der Waals surface area contributed by atoms with Crippen molar-refractivity contribution in [2.75, 3.05) is 12.8 Å². The van der Waals surface area contributed by atoms with Crippen LogP contribution in [0.1, 0.15) is 19.3 Å². The second kappa shape index (κ2) is 5.07. The zero-order valence-corrected chi connectivity index (χ0v) is 11.7. The van der Waals surface area contributed by atoms with E-state index < -0.39 is 10.0 Å². The van der Waals surface area contributed by atoms with Crippen molar-refractivity contribution in [2.45, 2.75) is 28.9 Å². The third-order valence-corrected chi connectivity index (χ3v) is 6.17. The monoisotopic (exact) mass is 288 g/mol. The second-order valence-corrected chi connectivity index (χ2v) is 7.50. The SMILES string of the molecule is CSC1(CNS(=O)(=O)c2ccc(=O)[nH]c2)CCC1. The van der Waals surface area contributed by atoms with Gasteiger partial charge in [0, 0.05) is 23.6 Å². The first-order chi connectivity index (χ1) is 8.47. The maximum absolute atomic E-state index is 12.0. The predicted octanol–water partition coefficient (Wildman–Crippen LogP) is 0.939. The summed E-state index contributed by atoms with van der Waals surface area (Å²) < 4.78 is 26.7. The van der Waals surface area contributed by atoms with Gasteiger partial charge >= 0.3 is 0 Å². The Labute approximate surface area is 110 Å². The molecule has 1 fully saturated rings. The molecule has 1 aromatic heterocycles. The van der Waals surface area contributed by atoms with Crippen LogP contribution in [0.15, 0.2) is 28.0 Å². The Morgan fingerprint density at radius 2 is 2.17 bits per heavy atom. The van der Waals surface area contributed by atoms with E-state index in [1.807, 2.05) is 6.26 Å². The molecule has 0 radical (unpaired) electrons. The Hall–Kier alpha value is -0.790. The van der Waals surface area contributed by atoms with Gasteiger partial charge in [0.1, 0.15) is 0 Å². The largest absolute Gasteiger partial charge is 0.328 e. The van der Waals surface area contributed by atoms with Crippen LogP contribution in [-0.4, -0.2) is 30.9 Å². The number of aromatic nitrogens is 1. The number of sulfonamides is 1. The first kappa shape index (κ1) is 13.6. The van der Waals surface area contributed by atoms with Crippen molar-refractivity contribution < 1.29 is 8.42 Å². The van der Waals surface area contributed by atoms with Crippen LogP contribution in [0.5, 0.6) is 0 Å². The van der Waals surface area contributed by atoms with Gasteiger partial charge in [-0.05, 0) is 25.2 Å². The van der Waals surface area contributed by atoms with Gasteiger partial charge in [-0.1, -0.05) is 6.42 Å². The van der Waals surface area contributed by atoms with Gasteiger partial charge in [-0.15, -0.1) is 0 Å². The number of H-pyrrole nitrogens is 1. The summed E-state index contributed by atoms with van der Waals surface area (Å²) in [5.74, 6) is 0. The maximum Gasteiger partial charge on any atom is 0.247 e. The highest BCUT2D eigenvalue weighted by Crippen LogP contribution is 2.42. The molecule has 7 heteroatoms. The van der Waals surface area contributed by atoms with E-state index in [0.29, 0.717) is 6.54 Å². The number of thioether (sulfide) groups is 1. The molecule has 1 heterocycles. The van der Waals surface area contributed by atoms with E-state index in [0.717, 1.165) is 19.3 Å². The predicted molar refractivity (Wildman–Crippen MR) is 72.3 cm³/mol. The van der Waals surface area contributed by atoms with Crippen LogP contribution in [0.2, 0.25) is 0 Å². The molecule has 0 aromatic carbocycles. The average molecular weight is 288 g/mol. The average Bonchev–Trinajstić information content (AvgIpc) is 2.29. The van der Waals surface area contributed by atoms with Gasteiger partial charge in [0.05, 0.1) is 4.90 Å². The van der Waals surface area contributed by atoms with E-state index >= 15 is 0 Å². The summed E-state index contributed by atoms with van der Waals surface area (Å²) in [6.07, 6.45) is 6.47. The maximum atomic E-state index is 12.0. The Bertz CT molecular complexity index is 550. The molecule has 0 amide bonds. The molecule has 2 rings (SSSR count). The molecule has 100 valence electrons. The summed E-state index contributed by atoms with van der Waals surface area (Å²) >= 11 is 1.71. The van der Waals surface area contributed by atoms with Crippen molar-refractivity contribution in [1.82, 2.24) is 9.71 Å². The van der Waals surface area contributed by atoms with Gasteiger partial charge in [0.15, 0.2) is 0 Å². The van der Waals surface area contributed by atoms with Gasteiger partial charge in [0.2, 0.25) is 15.6 Å². The topological polar surface area (TPSA) is 79.0 Å². The van der Waals surface area contributed by atoms with Gasteiger partial charge in [-0.3, -0.25) is 4.79 Å². The molecule has 1 aromatic rings. The number of hydrogen-bond donors (Lipinski definition) is 2. The summed E-state index contributed by atoms with van der Waals surface area (Å²) in [6.45, 7) is 0.440. The molecule has 5 nitrogen and oxygen atoms in total. The van der Waals surface area contributed by atoms with E-state index in [4.69, 9.17) is 0 Å². The Morgan fingerprint density at radius 3 is 2.61 bits per heavy atom. The molecule has 0 bridgehead atoms. The number of aromatic amines is 1. The quantitative estimate of drug-likeness (QED) is 0.845. The van der Waals surface area contributed by atoms with Crippen molar-refractivity contribution in [3.63, 3.8) is 0 Å². The van der Waals surface area contributed by atoms with Crippen molar-refractivity contribution in [2.24, 2.45) is 0 Å². The molecule has 0 unspecified atom stereocenters. The fourth-order valence-corrected chi connectivity index (χ4v) is 4.00. The van der Waals surface area contributed by atoms with E-state index in [2.05, 4.69) is 9.71 Å². The Morgan fingerprint density at radius 1 is 1.44 bits per heavy atom. The first-order valence-electron chi connectivity index (χ1n) is 5.71. The van der Waals surface area contributed by atoms with Crippen LogP contribution in [0.3, 0.4) is 0 Å². The van der Waals surface area contributed by atoms with Gasteiger partial charge < -0.3 is 4.98 Å². The highest BCUT2D eigenvalue weighted by Gasteiger charge is 2.37. The molecule has 1 aliphatic carbocycles. The standard InChI is InChI=1S/C11H16N2O3S2/c1-17-11(5-2-6-11)8-13-18(15,16)9-3-4-10(14)12-7-9/h3-4,7,13H,2,5-6,8H2,1H3,(H,12,14). The van der Waals surface area contributed by atoms with Crippen LogP contribution in [0, 0.1) is 0 Å². The summed E-state index contributed by atoms with van der Waals surface area (Å²) in [5, 5.41) is 0. The Kier molecular flexibility index (Phi) is 3.84. The molecule has 0 spiro atoms. The lowest BCUT2D eigenvalue weighted by Gasteiger charge is -2.40. The van der Waals surface area contributed by atoms with Crippen LogP contribution < -0.4 is 10.3 Å². The van der Waals surface area contributed by atoms with Gasteiger partial charge in [-0.25, -0.2) is 13.1 Å². The van der Waals surface area contributed by atoms with Crippen LogP contribution in [0.25, 0.3) is 0 Å². The first-order valence-corrected chi connectivity index (χ1v) is 8.42. The summed E-state index contributed by atoms with van der Waals surface area (Å²) in [7, 11) is -3.53. The van der Waals surface area contributed by atoms with E-state index in [1.54, 1.807) is 11.8 Å². The van der Waals surface area contributed by atoms with Gasteiger partial charge in [0.25, 0.3) is 0 Å². The molecule has 0 atom stereocenters. The van der Waals surface area contributed by atoms with Crippen LogP contribution in [-0.2, 0) is 10.0 Å². The minimum absolute atomic E-state index is 0.0509. The molecule has 1 aliphatic rings. The lowest BCUT2D eigenvalue weighted by Crippen LogP contribution is -2.45. The molecular weight excluding hydrogens is 272 g/mol. The molecular formula is C11H16N2O3S2. The Balaban J connectivity index is 2.08. The summed E-state index contributed by atoms with van der Waals surface area (Å²) in [4.78, 5) is 13.4. The number of nitrogens with one attached hydrogen (secondary N) is 2. The van der Waals surface area contributed by atoms with Crippen LogP contribution in [0.4, 0.5) is 0 Å². The molecule has 18 heavy (non-hydrogen) atoms. The lowest BCUT2D eigenvalue weighted by molar-refractivity contribution is 0.362. The highest BCUT2D eigenvalue weighted by atomic mass is 32.2. The molecule has 0 aliphatic heterocycles. The zero-order valence-electron chi connectivity index (χ0n) is 10.1. The summed E-state index contributed by atoms with van der Waals surface area (Å²) in [6, 6.07) is 2.52. The minimum Gasteiger partial charge on any atom is -0.328 e. The fourth-order valence-electron chi connectivity index (χ4n) is 1.90. The van der Waals surface area contributed by atoms with Crippen molar-refractivity contribution in [1.29, 1.82) is 0 Å². The third kappa shape index (κ3) is 2.78. The highest BCUT2D eigenvalue weighted by molar-refractivity contribution is 8.00. The number of rotatable bonds is 5. The lowest BCUT2D eigenvalue weighted by atomic mass is 9.84. The van der Waals surface area contributed by atoms with Gasteiger partial charge in [-0.2, -0.15) is 11.8 Å². The second-order valence-electron chi connectivity index (χ2n) is 4.45. The van der Waals surface area contributed by atoms with E-state index in [-0.39, 0.29) is 15.2 Å². The minimum atomic E-state index is -3.53. The van der Waals surface area contributed by atoms with Crippen molar-refractivity contribution >= 4 is 21.8 Å². The van der Waals surface area contributed by atoms with E-state index in [9.17, 15) is 13.2 Å². The summed E-state index contributed by atoms with van der Waals surface area (Å²) in [5.41, 5.74) is -0.312.